The second-order valence-corrected chi connectivity index (χ2v) is 6.14. The lowest BCUT2D eigenvalue weighted by Crippen LogP contribution is -2.17. The lowest BCUT2D eigenvalue weighted by atomic mass is 10.4. The van der Waals surface area contributed by atoms with Gasteiger partial charge in [0, 0.05) is 7.11 Å². The molecule has 0 aromatic rings. The maximum absolute atomic E-state index is 8.80. The molecular formula is C20H42O10. The first kappa shape index (κ1) is 29.6. The van der Waals surface area contributed by atoms with E-state index in [2.05, 4.69) is 0 Å². The lowest BCUT2D eigenvalue weighted by Gasteiger charge is -2.10. The van der Waals surface area contributed by atoms with E-state index in [1.165, 1.54) is 0 Å². The van der Waals surface area contributed by atoms with Gasteiger partial charge in [-0.25, -0.2) is 0 Å². The van der Waals surface area contributed by atoms with Crippen molar-refractivity contribution in [2.75, 3.05) is 119 Å². The SMILES string of the molecule is COCCOCCOCCOCCOCCOCCOCCOCCO[C@H](C)CO. The van der Waals surface area contributed by atoms with E-state index in [1.54, 1.807) is 7.11 Å². The third-order valence-electron chi connectivity index (χ3n) is 3.55. The fraction of sp³-hybridized carbons (Fsp3) is 1.00. The standard InChI is InChI=1S/C20H42O10/c1-20(19-21)30-18-17-29-16-15-28-14-13-27-12-11-26-10-9-25-8-7-24-6-5-23-4-3-22-2/h20-21H,3-19H2,1-2H3/t20-/m1/s1. The maximum Gasteiger partial charge on any atom is 0.0778 e. The first-order chi connectivity index (χ1) is 14.8. The van der Waals surface area contributed by atoms with E-state index < -0.39 is 0 Å². The minimum Gasteiger partial charge on any atom is -0.394 e. The van der Waals surface area contributed by atoms with Gasteiger partial charge in [-0.3, -0.25) is 0 Å². The molecule has 0 heterocycles. The maximum atomic E-state index is 8.80. The van der Waals surface area contributed by atoms with Gasteiger partial charge in [0.2, 0.25) is 0 Å². The molecule has 0 fully saturated rings. The number of aliphatic hydroxyl groups excluding tert-OH is 1. The number of ether oxygens (including phenoxy) is 9. The Balaban J connectivity index is 3.00. The van der Waals surface area contributed by atoms with Crippen LogP contribution in [-0.4, -0.2) is 131 Å². The second kappa shape index (κ2) is 26.6. The normalized spacial score (nSPS) is 12.5. The number of rotatable bonds is 26. The minimum absolute atomic E-state index is 0.0183. The van der Waals surface area contributed by atoms with Crippen LogP contribution in [0.2, 0.25) is 0 Å². The van der Waals surface area contributed by atoms with Crippen molar-refractivity contribution in [3.63, 3.8) is 0 Å². The van der Waals surface area contributed by atoms with Gasteiger partial charge in [-0.05, 0) is 6.92 Å². The van der Waals surface area contributed by atoms with Crippen molar-refractivity contribution in [1.82, 2.24) is 0 Å². The highest BCUT2D eigenvalue weighted by atomic mass is 16.6. The predicted octanol–water partition coefficient (Wildman–Crippen LogP) is 0.146. The summed E-state index contributed by atoms with van der Waals surface area (Å²) >= 11 is 0. The number of methoxy groups -OCH3 is 1. The number of hydrogen-bond donors (Lipinski definition) is 1. The summed E-state index contributed by atoms with van der Waals surface area (Å²) < 4.78 is 47.7. The lowest BCUT2D eigenvalue weighted by molar-refractivity contribution is -0.0323. The molecule has 0 aromatic carbocycles. The summed E-state index contributed by atoms with van der Waals surface area (Å²) in [6.07, 6.45) is -0.152. The van der Waals surface area contributed by atoms with Crippen molar-refractivity contribution in [1.29, 1.82) is 0 Å². The molecule has 0 aliphatic rings. The molecule has 0 aliphatic carbocycles. The van der Waals surface area contributed by atoms with Crippen molar-refractivity contribution in [2.45, 2.75) is 13.0 Å². The van der Waals surface area contributed by atoms with E-state index >= 15 is 0 Å². The van der Waals surface area contributed by atoms with Gasteiger partial charge in [0.15, 0.2) is 0 Å². The summed E-state index contributed by atoms with van der Waals surface area (Å²) in [6, 6.07) is 0. The minimum atomic E-state index is -0.152. The molecule has 182 valence electrons. The summed E-state index contributed by atoms with van der Waals surface area (Å²) in [4.78, 5) is 0. The summed E-state index contributed by atoms with van der Waals surface area (Å²) in [5.74, 6) is 0. The smallest absolute Gasteiger partial charge is 0.0778 e. The van der Waals surface area contributed by atoms with Crippen LogP contribution in [-0.2, 0) is 42.6 Å². The van der Waals surface area contributed by atoms with Crippen LogP contribution in [0.1, 0.15) is 6.92 Å². The Kier molecular flexibility index (Phi) is 26.3. The second-order valence-electron chi connectivity index (χ2n) is 6.14. The molecule has 1 atom stereocenters. The van der Waals surface area contributed by atoms with Crippen LogP contribution in [0.4, 0.5) is 0 Å². The molecule has 0 unspecified atom stereocenters. The molecule has 0 amide bonds. The molecule has 0 saturated heterocycles. The summed E-state index contributed by atoms with van der Waals surface area (Å²) in [6.45, 7) is 10.3. The first-order valence-electron chi connectivity index (χ1n) is 10.6. The molecule has 0 spiro atoms. The molecule has 10 nitrogen and oxygen atoms in total. The summed E-state index contributed by atoms with van der Waals surface area (Å²) in [5.41, 5.74) is 0. The fourth-order valence-corrected chi connectivity index (χ4v) is 1.92. The molecule has 0 saturated carbocycles. The zero-order chi connectivity index (χ0) is 22.0. The highest BCUT2D eigenvalue weighted by Gasteiger charge is 1.98. The molecule has 30 heavy (non-hydrogen) atoms. The van der Waals surface area contributed by atoms with Crippen molar-refractivity contribution in [2.24, 2.45) is 0 Å². The quantitative estimate of drug-likeness (QED) is 0.186. The zero-order valence-electron chi connectivity index (χ0n) is 18.7. The summed E-state index contributed by atoms with van der Waals surface area (Å²) in [5, 5.41) is 8.80. The molecule has 0 rings (SSSR count). The molecule has 10 heteroatoms. The molecular weight excluding hydrogens is 400 g/mol. The third-order valence-corrected chi connectivity index (χ3v) is 3.55. The topological polar surface area (TPSA) is 103 Å². The van der Waals surface area contributed by atoms with Crippen molar-refractivity contribution < 1.29 is 47.7 Å². The first-order valence-corrected chi connectivity index (χ1v) is 10.6. The van der Waals surface area contributed by atoms with Gasteiger partial charge >= 0.3 is 0 Å². The van der Waals surface area contributed by atoms with E-state index in [0.29, 0.717) is 106 Å². The Bertz CT molecular complexity index is 309. The Morgan fingerprint density at radius 3 is 1.00 bits per heavy atom. The number of aliphatic hydroxyl groups is 1. The van der Waals surface area contributed by atoms with Crippen LogP contribution in [0.3, 0.4) is 0 Å². The van der Waals surface area contributed by atoms with Crippen molar-refractivity contribution in [3.05, 3.63) is 0 Å². The largest absolute Gasteiger partial charge is 0.394 e. The molecule has 1 N–H and O–H groups in total. The highest BCUT2D eigenvalue weighted by Crippen LogP contribution is 1.89. The monoisotopic (exact) mass is 442 g/mol. The van der Waals surface area contributed by atoms with Crippen LogP contribution in [0.25, 0.3) is 0 Å². The predicted molar refractivity (Wildman–Crippen MR) is 110 cm³/mol. The molecule has 0 aliphatic heterocycles. The van der Waals surface area contributed by atoms with Crippen LogP contribution in [0.15, 0.2) is 0 Å². The Morgan fingerprint density at radius 2 is 0.733 bits per heavy atom. The van der Waals surface area contributed by atoms with Gasteiger partial charge in [-0.2, -0.15) is 0 Å². The van der Waals surface area contributed by atoms with Gasteiger partial charge < -0.3 is 47.7 Å². The number of hydrogen-bond acceptors (Lipinski definition) is 10. The van der Waals surface area contributed by atoms with Gasteiger partial charge in [-0.15, -0.1) is 0 Å². The Hall–Kier alpha value is -0.400. The highest BCUT2D eigenvalue weighted by molar-refractivity contribution is 4.44. The van der Waals surface area contributed by atoms with Gasteiger partial charge in [0.05, 0.1) is 118 Å². The van der Waals surface area contributed by atoms with Crippen LogP contribution < -0.4 is 0 Å². The average molecular weight is 443 g/mol. The van der Waals surface area contributed by atoms with Gasteiger partial charge in [0.1, 0.15) is 0 Å². The van der Waals surface area contributed by atoms with Crippen LogP contribution >= 0.6 is 0 Å². The fourth-order valence-electron chi connectivity index (χ4n) is 1.92. The van der Waals surface area contributed by atoms with E-state index in [1.807, 2.05) is 6.92 Å². The summed E-state index contributed by atoms with van der Waals surface area (Å²) in [7, 11) is 1.64. The Morgan fingerprint density at radius 1 is 0.467 bits per heavy atom. The molecule has 0 aromatic heterocycles. The van der Waals surface area contributed by atoms with Gasteiger partial charge in [0.25, 0.3) is 0 Å². The Labute approximate surface area is 180 Å². The van der Waals surface area contributed by atoms with Gasteiger partial charge in [-0.1, -0.05) is 0 Å². The van der Waals surface area contributed by atoms with Crippen LogP contribution in [0.5, 0.6) is 0 Å². The average Bonchev–Trinajstić information content (AvgIpc) is 2.76. The van der Waals surface area contributed by atoms with Crippen molar-refractivity contribution >= 4 is 0 Å². The third kappa shape index (κ3) is 25.6. The molecule has 0 radical (unpaired) electrons. The van der Waals surface area contributed by atoms with E-state index in [0.717, 1.165) is 0 Å². The van der Waals surface area contributed by atoms with E-state index in [-0.39, 0.29) is 12.7 Å². The van der Waals surface area contributed by atoms with Crippen molar-refractivity contribution in [3.8, 4) is 0 Å². The van der Waals surface area contributed by atoms with E-state index in [4.69, 9.17) is 47.7 Å². The van der Waals surface area contributed by atoms with Crippen LogP contribution in [0, 0.1) is 0 Å². The molecule has 0 bridgehead atoms. The van der Waals surface area contributed by atoms with E-state index in [9.17, 15) is 0 Å². The zero-order valence-corrected chi connectivity index (χ0v) is 18.7.